The summed E-state index contributed by atoms with van der Waals surface area (Å²) in [6.45, 7) is 0.914. The molecule has 4 aliphatic heterocycles. The Bertz CT molecular complexity index is 2460. The SMILES string of the molecule is COC(=O)CCCN(C)c1cc(COc2cc3c(cc2OC)C(=O)N2c4ccccc4C[C@H]2C=N3)cc(COc2cc3c(cc2OC)C(=O)N2c4ccccc4C[C@H]2C=N3)c1. The van der Waals surface area contributed by atoms with Crippen LogP contribution in [-0.4, -0.2) is 77.2 Å². The van der Waals surface area contributed by atoms with Crippen molar-refractivity contribution in [3.8, 4) is 23.0 Å². The summed E-state index contributed by atoms with van der Waals surface area (Å²) in [5.41, 5.74) is 8.45. The van der Waals surface area contributed by atoms with E-state index in [2.05, 4.69) is 4.90 Å². The molecule has 0 saturated carbocycles. The minimum Gasteiger partial charge on any atom is -0.493 e. The zero-order chi connectivity index (χ0) is 42.2. The summed E-state index contributed by atoms with van der Waals surface area (Å²) in [7, 11) is 6.45. The first-order valence-corrected chi connectivity index (χ1v) is 20.2. The van der Waals surface area contributed by atoms with Crippen molar-refractivity contribution in [3.05, 3.63) is 124 Å². The predicted octanol–water partition coefficient (Wildman–Crippen LogP) is 7.83. The summed E-state index contributed by atoms with van der Waals surface area (Å²) in [5, 5.41) is 0. The summed E-state index contributed by atoms with van der Waals surface area (Å²) < 4.78 is 29.3. The third-order valence-corrected chi connectivity index (χ3v) is 11.6. The van der Waals surface area contributed by atoms with E-state index in [-0.39, 0.29) is 43.1 Å². The van der Waals surface area contributed by atoms with Gasteiger partial charge in [-0.05, 0) is 71.1 Å². The maximum Gasteiger partial charge on any atom is 0.305 e. The molecule has 0 fully saturated rings. The molecule has 0 radical (unpaired) electrons. The number of aliphatic imine (C=N–C) groups is 2. The molecule has 0 N–H and O–H groups in total. The van der Waals surface area contributed by atoms with Crippen LogP contribution in [0.3, 0.4) is 0 Å². The van der Waals surface area contributed by atoms with Crippen LogP contribution in [0, 0.1) is 0 Å². The van der Waals surface area contributed by atoms with E-state index < -0.39 is 0 Å². The molecule has 2 atom stereocenters. The van der Waals surface area contributed by atoms with Gasteiger partial charge in [-0.25, -0.2) is 0 Å². The maximum atomic E-state index is 14.0. The predicted molar refractivity (Wildman–Crippen MR) is 233 cm³/mol. The minimum absolute atomic E-state index is 0.143. The van der Waals surface area contributed by atoms with Crippen LogP contribution in [0.1, 0.15) is 55.8 Å². The Hall–Kier alpha value is -7.15. The van der Waals surface area contributed by atoms with Crippen LogP contribution in [0.15, 0.2) is 101 Å². The largest absolute Gasteiger partial charge is 0.493 e. The van der Waals surface area contributed by atoms with Crippen LogP contribution in [0.5, 0.6) is 23.0 Å². The van der Waals surface area contributed by atoms with Gasteiger partial charge in [0.25, 0.3) is 11.8 Å². The van der Waals surface area contributed by atoms with Crippen molar-refractivity contribution in [1.82, 2.24) is 0 Å². The number of nitrogens with zero attached hydrogens (tertiary/aromatic N) is 5. The molecule has 0 spiro atoms. The number of fused-ring (bicyclic) bond motifs is 8. The Morgan fingerprint density at radius 3 is 1.64 bits per heavy atom. The summed E-state index contributed by atoms with van der Waals surface area (Å²) >= 11 is 0. The lowest BCUT2D eigenvalue weighted by Gasteiger charge is -2.23. The number of benzene rings is 5. The van der Waals surface area contributed by atoms with Gasteiger partial charge in [-0.1, -0.05) is 36.4 Å². The molecular formula is C48H45N5O8. The van der Waals surface area contributed by atoms with Crippen LogP contribution in [-0.2, 0) is 35.6 Å². The molecule has 0 aromatic heterocycles. The number of carbonyl (C=O) groups is 3. The number of hydrogen-bond acceptors (Lipinski definition) is 11. The quantitative estimate of drug-likeness (QED) is 0.109. The molecule has 4 heterocycles. The summed E-state index contributed by atoms with van der Waals surface area (Å²) in [4.78, 5) is 55.0. The van der Waals surface area contributed by atoms with E-state index in [1.165, 1.54) is 7.11 Å². The Balaban J connectivity index is 0.973. The zero-order valence-electron chi connectivity index (χ0n) is 34.4. The molecule has 5 aromatic carbocycles. The van der Waals surface area contributed by atoms with Gasteiger partial charge in [0, 0.05) is 74.5 Å². The van der Waals surface area contributed by atoms with Crippen molar-refractivity contribution in [3.63, 3.8) is 0 Å². The van der Waals surface area contributed by atoms with Gasteiger partial charge >= 0.3 is 5.97 Å². The highest BCUT2D eigenvalue weighted by atomic mass is 16.5. The Morgan fingerprint density at radius 1 is 0.672 bits per heavy atom. The van der Waals surface area contributed by atoms with E-state index in [0.29, 0.717) is 77.7 Å². The fourth-order valence-corrected chi connectivity index (χ4v) is 8.52. The molecule has 0 bridgehead atoms. The average molecular weight is 820 g/mol. The van der Waals surface area contributed by atoms with Crippen molar-refractivity contribution in [1.29, 1.82) is 0 Å². The maximum absolute atomic E-state index is 14.0. The van der Waals surface area contributed by atoms with E-state index in [0.717, 1.165) is 39.3 Å². The van der Waals surface area contributed by atoms with E-state index in [4.69, 9.17) is 33.7 Å². The fraction of sp³-hybridized carbons (Fsp3) is 0.271. The molecule has 13 nitrogen and oxygen atoms in total. The normalized spacial score (nSPS) is 16.7. The molecule has 0 unspecified atom stereocenters. The number of ether oxygens (including phenoxy) is 5. The second-order valence-corrected chi connectivity index (χ2v) is 15.4. The molecule has 310 valence electrons. The van der Waals surface area contributed by atoms with Gasteiger partial charge in [-0.2, -0.15) is 0 Å². The van der Waals surface area contributed by atoms with E-state index in [1.54, 1.807) is 48.3 Å². The van der Waals surface area contributed by atoms with Crippen LogP contribution in [0.2, 0.25) is 0 Å². The Kier molecular flexibility index (Phi) is 10.6. The van der Waals surface area contributed by atoms with Crippen molar-refractivity contribution in [2.24, 2.45) is 9.98 Å². The minimum atomic E-state index is -0.262. The molecule has 13 heteroatoms. The number of rotatable bonds is 13. The highest BCUT2D eigenvalue weighted by Gasteiger charge is 2.38. The molecule has 0 saturated heterocycles. The van der Waals surface area contributed by atoms with Crippen LogP contribution in [0.4, 0.5) is 28.4 Å². The van der Waals surface area contributed by atoms with Crippen LogP contribution in [0.25, 0.3) is 0 Å². The van der Waals surface area contributed by atoms with Gasteiger partial charge < -0.3 is 28.6 Å². The Labute approximate surface area is 353 Å². The van der Waals surface area contributed by atoms with Crippen molar-refractivity contribution in [2.45, 2.75) is 51.0 Å². The molecule has 2 amide bonds. The number of carbonyl (C=O) groups excluding carboxylic acids is 3. The van der Waals surface area contributed by atoms with Gasteiger partial charge in [-0.3, -0.25) is 34.2 Å². The number of esters is 1. The highest BCUT2D eigenvalue weighted by Crippen LogP contribution is 2.43. The first kappa shape index (κ1) is 39.3. The second kappa shape index (κ2) is 16.5. The first-order valence-electron chi connectivity index (χ1n) is 20.2. The lowest BCUT2D eigenvalue weighted by Crippen LogP contribution is -2.37. The number of hydrogen-bond donors (Lipinski definition) is 0. The van der Waals surface area contributed by atoms with Crippen molar-refractivity contribution >= 4 is 58.6 Å². The monoisotopic (exact) mass is 819 g/mol. The van der Waals surface area contributed by atoms with Gasteiger partial charge in [0.15, 0.2) is 23.0 Å². The summed E-state index contributed by atoms with van der Waals surface area (Å²) in [6, 6.07) is 28.5. The summed E-state index contributed by atoms with van der Waals surface area (Å²) in [5.74, 6) is 1.16. The summed E-state index contributed by atoms with van der Waals surface area (Å²) in [6.07, 6.45) is 5.94. The molecule has 9 rings (SSSR count). The first-order chi connectivity index (χ1) is 29.7. The number of anilines is 3. The zero-order valence-corrected chi connectivity index (χ0v) is 34.4. The van der Waals surface area contributed by atoms with Crippen LogP contribution < -0.4 is 33.6 Å². The van der Waals surface area contributed by atoms with Crippen molar-refractivity contribution < 1.29 is 38.1 Å². The highest BCUT2D eigenvalue weighted by molar-refractivity contribution is 6.15. The number of para-hydroxylation sites is 2. The van der Waals surface area contributed by atoms with Crippen LogP contribution >= 0.6 is 0 Å². The lowest BCUT2D eigenvalue weighted by atomic mass is 10.1. The van der Waals surface area contributed by atoms with Crippen molar-refractivity contribution in [2.75, 3.05) is 49.6 Å². The molecular weight excluding hydrogens is 775 g/mol. The molecule has 4 aliphatic rings. The standard InChI is InChI=1S/C48H45N5O8/c1-51(15-9-14-46(54)59-4)33-17-29(27-60-44-23-38-36(21-42(44)57-2)47(55)52-34(25-49-38)19-31-10-5-7-12-40(31)52)16-30(18-33)28-61-45-24-39-37(22-43(45)58-3)48(56)53-35(26-50-39)20-32-11-6-8-13-41(32)53/h5-8,10-13,16-18,21-26,34-35H,9,14-15,19-20,27-28H2,1-4H3/t34-,35-/m0/s1. The van der Waals surface area contributed by atoms with E-state index >= 15 is 0 Å². The Morgan fingerprint density at radius 2 is 1.16 bits per heavy atom. The second-order valence-electron chi connectivity index (χ2n) is 15.4. The number of methoxy groups -OCH3 is 3. The van der Waals surface area contributed by atoms with Gasteiger partial charge in [0.1, 0.15) is 13.2 Å². The molecule has 0 aliphatic carbocycles. The fourth-order valence-electron chi connectivity index (χ4n) is 8.52. The van der Waals surface area contributed by atoms with Gasteiger partial charge in [0.05, 0.1) is 55.9 Å². The molecule has 61 heavy (non-hydrogen) atoms. The topological polar surface area (TPSA) is 132 Å². The lowest BCUT2D eigenvalue weighted by molar-refractivity contribution is -0.140. The number of amides is 2. The average Bonchev–Trinajstić information content (AvgIpc) is 3.78. The van der Waals surface area contributed by atoms with E-state index in [9.17, 15) is 14.4 Å². The van der Waals surface area contributed by atoms with E-state index in [1.807, 2.05) is 86.2 Å². The van der Waals surface area contributed by atoms with Gasteiger partial charge in [-0.15, -0.1) is 0 Å². The molecule has 5 aromatic rings. The van der Waals surface area contributed by atoms with Gasteiger partial charge in [0.2, 0.25) is 0 Å². The smallest absolute Gasteiger partial charge is 0.305 e. The third-order valence-electron chi connectivity index (χ3n) is 11.6. The third kappa shape index (κ3) is 7.51.